The van der Waals surface area contributed by atoms with Crippen LogP contribution in [-0.4, -0.2) is 37.8 Å². The maximum absolute atomic E-state index is 12.8. The largest absolute Gasteiger partial charge is 0.354 e. The molecular weight excluding hydrogens is 741 g/mol. The van der Waals surface area contributed by atoms with Crippen LogP contribution >= 0.6 is 0 Å². The number of rotatable bonds is 11. The lowest BCUT2D eigenvalue weighted by atomic mass is 9.85. The molecule has 5 aromatic carbocycles. The fourth-order valence-electron chi connectivity index (χ4n) is 6.78. The van der Waals surface area contributed by atoms with Gasteiger partial charge in [0.2, 0.25) is 11.8 Å². The van der Waals surface area contributed by atoms with Gasteiger partial charge in [-0.1, -0.05) is 12.1 Å². The molecule has 0 atom stereocenters. The molecule has 0 aromatic heterocycles. The molecule has 0 heterocycles. The second-order valence-corrected chi connectivity index (χ2v) is 16.3. The molecule has 0 spiro atoms. The SMILES string of the molecule is CC(=O)Nc1c(C)cc(C)c(Nc2ccc([C+](c3ccc(Nc4c(C)cc(C)c(NC(C)=O)c4C)cc3)c3ccc(S(=O)(=O)O)cc3S(=O)(=O)O)cc2)c1C. The van der Waals surface area contributed by atoms with E-state index < -0.39 is 30.0 Å². The lowest BCUT2D eigenvalue weighted by Gasteiger charge is -2.20. The first-order chi connectivity index (χ1) is 25.6. The van der Waals surface area contributed by atoms with E-state index in [1.165, 1.54) is 19.9 Å². The number of nitrogens with one attached hydrogen (secondary N) is 4. The summed E-state index contributed by atoms with van der Waals surface area (Å²) in [5.41, 5.74) is 10.8. The summed E-state index contributed by atoms with van der Waals surface area (Å²) < 4.78 is 69.6. The van der Waals surface area contributed by atoms with Gasteiger partial charge in [0.25, 0.3) is 10.1 Å². The zero-order valence-corrected chi connectivity index (χ0v) is 33.3. The van der Waals surface area contributed by atoms with Crippen LogP contribution in [0.2, 0.25) is 0 Å². The van der Waals surface area contributed by atoms with Crippen LogP contribution < -0.4 is 21.3 Å². The van der Waals surface area contributed by atoms with Crippen molar-refractivity contribution < 1.29 is 35.5 Å². The third-order valence-corrected chi connectivity index (χ3v) is 11.0. The normalized spacial score (nSPS) is 11.5. The molecule has 0 radical (unpaired) electrons. The monoisotopic (exact) mass is 783 g/mol. The lowest BCUT2D eigenvalue weighted by Crippen LogP contribution is -2.13. The first-order valence-corrected chi connectivity index (χ1v) is 20.0. The Morgan fingerprint density at radius 2 is 0.909 bits per heavy atom. The number of benzene rings is 5. The van der Waals surface area contributed by atoms with Crippen molar-refractivity contribution >= 4 is 66.2 Å². The highest BCUT2D eigenvalue weighted by molar-refractivity contribution is 7.86. The third-order valence-electron chi connectivity index (χ3n) is 9.23. The second kappa shape index (κ2) is 15.6. The van der Waals surface area contributed by atoms with Crippen molar-refractivity contribution in [2.24, 2.45) is 0 Å². The highest BCUT2D eigenvalue weighted by Gasteiger charge is 2.32. The van der Waals surface area contributed by atoms with E-state index in [4.69, 9.17) is 0 Å². The molecule has 0 saturated heterocycles. The van der Waals surface area contributed by atoms with Crippen molar-refractivity contribution in [1.29, 1.82) is 0 Å². The van der Waals surface area contributed by atoms with Gasteiger partial charge in [0.05, 0.1) is 22.6 Å². The van der Waals surface area contributed by atoms with Crippen molar-refractivity contribution in [1.82, 2.24) is 0 Å². The van der Waals surface area contributed by atoms with E-state index in [0.29, 0.717) is 39.8 Å². The van der Waals surface area contributed by atoms with Crippen molar-refractivity contribution in [3.63, 3.8) is 0 Å². The molecule has 12 nitrogen and oxygen atoms in total. The molecule has 14 heteroatoms. The molecule has 0 aliphatic carbocycles. The molecule has 6 N–H and O–H groups in total. The summed E-state index contributed by atoms with van der Waals surface area (Å²) in [5.74, 6) is -0.0379. The van der Waals surface area contributed by atoms with E-state index in [9.17, 15) is 35.5 Å². The fourth-order valence-corrected chi connectivity index (χ4v) is 8.09. The standard InChI is InChI=1S/C41H42N4O8S2/c1-22-19-24(3)40(26(5)38(22)42-28(7)46)44-32-13-9-30(10-14-32)37(35-18-17-34(54(48,49)50)21-36(35)55(51,52)53)31-11-15-33(16-12-31)45-41-25(4)20-23(2)39(27(41)6)43-29(8)47/h9-21,44-45H,1-8H3,(H3-,42,43,46,47,48,49,50,51,52,53)/p+1. The topological polar surface area (TPSA) is 191 Å². The highest BCUT2D eigenvalue weighted by atomic mass is 32.2. The van der Waals surface area contributed by atoms with Crippen LogP contribution in [0.5, 0.6) is 0 Å². The predicted octanol–water partition coefficient (Wildman–Crippen LogP) is 8.45. The minimum Gasteiger partial charge on any atom is -0.354 e. The van der Waals surface area contributed by atoms with Crippen molar-refractivity contribution in [2.45, 2.75) is 65.2 Å². The van der Waals surface area contributed by atoms with E-state index in [0.717, 1.165) is 56.9 Å². The van der Waals surface area contributed by atoms with E-state index in [1.807, 2.05) is 53.7 Å². The number of carbonyl (C=O) groups is 2. The average Bonchev–Trinajstić information content (AvgIpc) is 3.09. The molecule has 0 aliphatic rings. The minimum absolute atomic E-state index is 0.00772. The molecule has 0 aliphatic heterocycles. The van der Waals surface area contributed by atoms with Gasteiger partial charge in [-0.2, -0.15) is 16.8 Å². The van der Waals surface area contributed by atoms with E-state index >= 15 is 0 Å². The van der Waals surface area contributed by atoms with E-state index in [-0.39, 0.29) is 17.4 Å². The Kier molecular flexibility index (Phi) is 11.5. The Bertz CT molecular complexity index is 2430. The van der Waals surface area contributed by atoms with Gasteiger partial charge < -0.3 is 21.3 Å². The zero-order valence-electron chi connectivity index (χ0n) is 31.7. The van der Waals surface area contributed by atoms with Crippen LogP contribution in [-0.2, 0) is 29.8 Å². The van der Waals surface area contributed by atoms with Crippen LogP contribution in [0.3, 0.4) is 0 Å². The quantitative estimate of drug-likeness (QED) is 0.0430. The highest BCUT2D eigenvalue weighted by Crippen LogP contribution is 2.39. The van der Waals surface area contributed by atoms with E-state index in [2.05, 4.69) is 21.3 Å². The maximum atomic E-state index is 12.8. The van der Waals surface area contributed by atoms with Crippen LogP contribution in [0.4, 0.5) is 34.1 Å². The molecule has 5 aromatic rings. The Hall–Kier alpha value is -5.67. The Labute approximate surface area is 321 Å². The van der Waals surface area contributed by atoms with Crippen LogP contribution in [0.25, 0.3) is 0 Å². The summed E-state index contributed by atoms with van der Waals surface area (Å²) in [6, 6.07) is 21.1. The molecule has 0 fully saturated rings. The molecule has 0 saturated carbocycles. The summed E-state index contributed by atoms with van der Waals surface area (Å²) >= 11 is 0. The first-order valence-electron chi connectivity index (χ1n) is 17.1. The van der Waals surface area contributed by atoms with Gasteiger partial charge >= 0.3 is 10.1 Å². The molecule has 286 valence electrons. The van der Waals surface area contributed by atoms with Crippen LogP contribution in [0, 0.1) is 47.5 Å². The van der Waals surface area contributed by atoms with Crippen LogP contribution in [0.15, 0.2) is 88.7 Å². The summed E-state index contributed by atoms with van der Waals surface area (Å²) in [5, 5.41) is 12.6. The Balaban J connectivity index is 1.60. The van der Waals surface area contributed by atoms with Gasteiger partial charge in [0, 0.05) is 54.0 Å². The summed E-state index contributed by atoms with van der Waals surface area (Å²) in [6.45, 7) is 14.5. The Morgan fingerprint density at radius 3 is 1.25 bits per heavy atom. The molecule has 0 bridgehead atoms. The summed E-state index contributed by atoms with van der Waals surface area (Å²) in [6.07, 6.45) is 0. The summed E-state index contributed by atoms with van der Waals surface area (Å²) in [7, 11) is -9.82. The zero-order chi connectivity index (χ0) is 40.6. The fraction of sp³-hybridized carbons (Fsp3) is 0.195. The molecule has 0 unspecified atom stereocenters. The number of carbonyl (C=O) groups excluding carboxylic acids is 2. The molecular formula is C41H43N4O8S2+. The second-order valence-electron chi connectivity index (χ2n) is 13.5. The predicted molar refractivity (Wildman–Crippen MR) is 216 cm³/mol. The van der Waals surface area contributed by atoms with Gasteiger partial charge in [-0.25, -0.2) is 0 Å². The number of hydrogen-bond donors (Lipinski definition) is 6. The first kappa shape index (κ1) is 40.5. The van der Waals surface area contributed by atoms with Crippen LogP contribution in [0.1, 0.15) is 63.9 Å². The molecule has 5 rings (SSSR count). The number of amides is 2. The summed E-state index contributed by atoms with van der Waals surface area (Å²) in [4.78, 5) is 22.4. The van der Waals surface area contributed by atoms with E-state index in [1.54, 1.807) is 48.5 Å². The number of hydrogen-bond acceptors (Lipinski definition) is 8. The molecule has 55 heavy (non-hydrogen) atoms. The van der Waals surface area contributed by atoms with Gasteiger partial charge in [-0.3, -0.25) is 18.7 Å². The average molecular weight is 784 g/mol. The third kappa shape index (κ3) is 9.01. The number of anilines is 6. The number of aryl methyl sites for hydroxylation is 4. The van der Waals surface area contributed by atoms with Crippen molar-refractivity contribution in [3.05, 3.63) is 135 Å². The maximum Gasteiger partial charge on any atom is 0.315 e. The van der Waals surface area contributed by atoms with Gasteiger partial charge in [0.1, 0.15) is 9.79 Å². The lowest BCUT2D eigenvalue weighted by molar-refractivity contribution is -0.115. The minimum atomic E-state index is -5.01. The van der Waals surface area contributed by atoms with Crippen molar-refractivity contribution in [2.75, 3.05) is 21.3 Å². The smallest absolute Gasteiger partial charge is 0.315 e. The van der Waals surface area contributed by atoms with Gasteiger partial charge in [-0.15, -0.1) is 0 Å². The van der Waals surface area contributed by atoms with Gasteiger partial charge in [-0.05, 0) is 136 Å². The van der Waals surface area contributed by atoms with Gasteiger partial charge in [0.15, 0.2) is 0 Å². The van der Waals surface area contributed by atoms with Crippen molar-refractivity contribution in [3.8, 4) is 0 Å². The molecule has 2 amide bonds. The Morgan fingerprint density at radius 1 is 0.527 bits per heavy atom.